The summed E-state index contributed by atoms with van der Waals surface area (Å²) in [4.78, 5) is 0. The lowest BCUT2D eigenvalue weighted by Crippen LogP contribution is -2.44. The van der Waals surface area contributed by atoms with Crippen LogP contribution in [-0.4, -0.2) is 11.7 Å². The molecule has 4 atom stereocenters. The van der Waals surface area contributed by atoms with E-state index in [1.165, 1.54) is 38.5 Å². The van der Waals surface area contributed by atoms with Gasteiger partial charge in [0.25, 0.3) is 0 Å². The van der Waals surface area contributed by atoms with Crippen molar-refractivity contribution in [3.63, 3.8) is 0 Å². The monoisotopic (exact) mass is 276 g/mol. The Morgan fingerprint density at radius 1 is 1.15 bits per heavy atom. The van der Waals surface area contributed by atoms with Crippen molar-refractivity contribution >= 4 is 0 Å². The Bertz CT molecular complexity index is 423. The van der Waals surface area contributed by atoms with Crippen molar-refractivity contribution in [1.82, 2.24) is 0 Å². The summed E-state index contributed by atoms with van der Waals surface area (Å²) in [6, 6.07) is 0. The van der Waals surface area contributed by atoms with Crippen LogP contribution in [0, 0.1) is 27.6 Å². The van der Waals surface area contributed by atoms with Crippen molar-refractivity contribution in [2.45, 2.75) is 72.6 Å². The zero-order chi connectivity index (χ0) is 14.6. The van der Waals surface area contributed by atoms with Gasteiger partial charge in [-0.15, -0.1) is 0 Å². The predicted molar refractivity (Wildman–Crippen MR) is 84.5 cm³/mol. The summed E-state index contributed by atoms with van der Waals surface area (Å²) in [5, 5.41) is 9.12. The summed E-state index contributed by atoms with van der Waals surface area (Å²) in [6.07, 6.45) is 14.0. The molecule has 1 heteroatoms. The molecule has 1 spiro atoms. The van der Waals surface area contributed by atoms with E-state index in [4.69, 9.17) is 5.11 Å². The van der Waals surface area contributed by atoms with E-state index in [0.717, 1.165) is 12.3 Å². The van der Waals surface area contributed by atoms with Gasteiger partial charge in [0.2, 0.25) is 0 Å². The Kier molecular flexibility index (Phi) is 3.18. The Labute approximate surface area is 124 Å². The number of aliphatic hydroxyl groups is 1. The zero-order valence-electron chi connectivity index (χ0n) is 13.8. The van der Waals surface area contributed by atoms with Gasteiger partial charge >= 0.3 is 0 Å². The first-order chi connectivity index (χ1) is 9.31. The first kappa shape index (κ1) is 14.6. The summed E-state index contributed by atoms with van der Waals surface area (Å²) < 4.78 is 0. The van der Waals surface area contributed by atoms with Crippen molar-refractivity contribution in [3.8, 4) is 0 Å². The molecule has 114 valence electrons. The molecule has 20 heavy (non-hydrogen) atoms. The minimum Gasteiger partial charge on any atom is -0.396 e. The molecule has 0 heterocycles. The zero-order valence-corrected chi connectivity index (χ0v) is 13.8. The molecule has 0 aliphatic heterocycles. The van der Waals surface area contributed by atoms with E-state index in [0.29, 0.717) is 28.3 Å². The Hall–Kier alpha value is -0.300. The van der Waals surface area contributed by atoms with Gasteiger partial charge in [-0.3, -0.25) is 0 Å². The van der Waals surface area contributed by atoms with Crippen LogP contribution in [0.4, 0.5) is 0 Å². The van der Waals surface area contributed by atoms with Gasteiger partial charge < -0.3 is 5.11 Å². The fourth-order valence-corrected chi connectivity index (χ4v) is 6.97. The molecule has 3 aliphatic carbocycles. The highest BCUT2D eigenvalue weighted by Crippen LogP contribution is 2.79. The molecule has 1 nitrogen and oxygen atoms in total. The summed E-state index contributed by atoms with van der Waals surface area (Å²) in [5.74, 6) is 0.859. The number of aliphatic hydroxyl groups excluding tert-OH is 1. The van der Waals surface area contributed by atoms with E-state index in [1.54, 1.807) is 0 Å². The average Bonchev–Trinajstić information content (AvgIpc) is 2.86. The molecule has 3 aliphatic rings. The van der Waals surface area contributed by atoms with Crippen LogP contribution >= 0.6 is 0 Å². The van der Waals surface area contributed by atoms with Gasteiger partial charge in [-0.2, -0.15) is 0 Å². The van der Waals surface area contributed by atoms with Crippen LogP contribution < -0.4 is 0 Å². The Balaban J connectivity index is 1.98. The summed E-state index contributed by atoms with van der Waals surface area (Å²) in [6.45, 7) is 10.5. The lowest BCUT2D eigenvalue weighted by atomic mass is 9.54. The second-order valence-electron chi connectivity index (χ2n) is 9.03. The highest BCUT2D eigenvalue weighted by atomic mass is 16.2. The third-order valence-electron chi connectivity index (χ3n) is 7.41. The maximum Gasteiger partial charge on any atom is 0.0431 e. The van der Waals surface area contributed by atoms with Gasteiger partial charge in [-0.25, -0.2) is 0 Å². The molecule has 0 aromatic rings. The van der Waals surface area contributed by atoms with E-state index < -0.39 is 0 Å². The van der Waals surface area contributed by atoms with Crippen LogP contribution in [0.5, 0.6) is 0 Å². The highest BCUT2D eigenvalue weighted by molar-refractivity contribution is 5.31. The third kappa shape index (κ3) is 1.59. The van der Waals surface area contributed by atoms with Crippen molar-refractivity contribution in [3.05, 3.63) is 12.2 Å². The summed E-state index contributed by atoms with van der Waals surface area (Å²) in [5.41, 5.74) is 1.85. The van der Waals surface area contributed by atoms with E-state index in [9.17, 15) is 0 Å². The molecule has 0 unspecified atom stereocenters. The number of hydrogen-bond donors (Lipinski definition) is 1. The van der Waals surface area contributed by atoms with Crippen LogP contribution in [0.3, 0.4) is 0 Å². The highest BCUT2D eigenvalue weighted by Gasteiger charge is 2.72. The van der Waals surface area contributed by atoms with E-state index in [1.807, 2.05) is 0 Å². The first-order valence-electron chi connectivity index (χ1n) is 8.60. The van der Waals surface area contributed by atoms with E-state index in [-0.39, 0.29) is 0 Å². The average molecular weight is 276 g/mol. The second-order valence-corrected chi connectivity index (χ2v) is 9.03. The predicted octanol–water partition coefficient (Wildman–Crippen LogP) is 4.95. The first-order valence-corrected chi connectivity index (χ1v) is 8.60. The summed E-state index contributed by atoms with van der Waals surface area (Å²) in [7, 11) is 0. The minimum absolute atomic E-state index is 0.352. The van der Waals surface area contributed by atoms with Crippen molar-refractivity contribution in [2.75, 3.05) is 6.61 Å². The molecule has 0 aromatic carbocycles. The molecule has 0 saturated heterocycles. The molecular formula is C19H32O. The summed E-state index contributed by atoms with van der Waals surface area (Å²) >= 11 is 0. The SMILES string of the molecule is CC1(C)C[C@@]2(C)CC=C[C@@]23[C@@H]1CC[C@]3(C)CCCCO. The maximum absolute atomic E-state index is 9.12. The van der Waals surface area contributed by atoms with Gasteiger partial charge in [0.05, 0.1) is 0 Å². The largest absolute Gasteiger partial charge is 0.396 e. The van der Waals surface area contributed by atoms with E-state index in [2.05, 4.69) is 39.8 Å². The standard InChI is InChI=1S/C19H32O/c1-16(2)14-18(4)10-7-11-19(18)15(16)8-12-17(19,3)9-5-6-13-20/h7,11,15,20H,5-6,8-10,12-14H2,1-4H3/t15-,17+,18-,19+/m1/s1. The number of unbranched alkanes of at least 4 members (excludes halogenated alkanes) is 1. The molecule has 3 rings (SSSR count). The van der Waals surface area contributed by atoms with Crippen molar-refractivity contribution < 1.29 is 5.11 Å². The lowest BCUT2D eigenvalue weighted by molar-refractivity contribution is 0.00745. The number of hydrogen-bond acceptors (Lipinski definition) is 1. The second kappa shape index (κ2) is 4.35. The molecule has 2 fully saturated rings. The van der Waals surface area contributed by atoms with Gasteiger partial charge in [0, 0.05) is 12.0 Å². The molecule has 0 aromatic heterocycles. The molecule has 0 amide bonds. The van der Waals surface area contributed by atoms with Gasteiger partial charge in [0.1, 0.15) is 0 Å². The van der Waals surface area contributed by atoms with Crippen LogP contribution in [0.15, 0.2) is 12.2 Å². The fraction of sp³-hybridized carbons (Fsp3) is 0.895. The molecule has 2 saturated carbocycles. The smallest absolute Gasteiger partial charge is 0.0431 e. The minimum atomic E-state index is 0.352. The maximum atomic E-state index is 9.12. The Morgan fingerprint density at radius 3 is 2.60 bits per heavy atom. The normalized spacial score (nSPS) is 48.5. The van der Waals surface area contributed by atoms with Crippen LogP contribution in [0.1, 0.15) is 72.6 Å². The Morgan fingerprint density at radius 2 is 1.90 bits per heavy atom. The van der Waals surface area contributed by atoms with Crippen molar-refractivity contribution in [1.29, 1.82) is 0 Å². The van der Waals surface area contributed by atoms with E-state index >= 15 is 0 Å². The van der Waals surface area contributed by atoms with Gasteiger partial charge in [-0.1, -0.05) is 46.3 Å². The number of allylic oxidation sites excluding steroid dienone is 2. The van der Waals surface area contributed by atoms with Crippen LogP contribution in [-0.2, 0) is 0 Å². The fourth-order valence-electron chi connectivity index (χ4n) is 6.97. The topological polar surface area (TPSA) is 20.2 Å². The third-order valence-corrected chi connectivity index (χ3v) is 7.41. The number of rotatable bonds is 4. The lowest BCUT2D eigenvalue weighted by Gasteiger charge is -2.50. The molecular weight excluding hydrogens is 244 g/mol. The van der Waals surface area contributed by atoms with Crippen LogP contribution in [0.25, 0.3) is 0 Å². The van der Waals surface area contributed by atoms with Gasteiger partial charge in [0.15, 0.2) is 0 Å². The molecule has 0 radical (unpaired) electrons. The quantitative estimate of drug-likeness (QED) is 0.569. The van der Waals surface area contributed by atoms with Crippen molar-refractivity contribution in [2.24, 2.45) is 27.6 Å². The van der Waals surface area contributed by atoms with Gasteiger partial charge in [-0.05, 0) is 60.7 Å². The molecule has 0 bridgehead atoms. The van der Waals surface area contributed by atoms with Crippen LogP contribution in [0.2, 0.25) is 0 Å². The molecule has 1 N–H and O–H groups in total.